The van der Waals surface area contributed by atoms with Gasteiger partial charge in [-0.3, -0.25) is 0 Å². The lowest BCUT2D eigenvalue weighted by Gasteiger charge is -2.02. The van der Waals surface area contributed by atoms with Crippen LogP contribution in [0.15, 0.2) is 28.6 Å². The molecule has 0 aliphatic carbocycles. The molecule has 0 spiro atoms. The van der Waals surface area contributed by atoms with Crippen LogP contribution in [0.25, 0.3) is 0 Å². The zero-order valence-corrected chi connectivity index (χ0v) is 13.8. The number of rotatable bonds is 6. The summed E-state index contributed by atoms with van der Waals surface area (Å²) in [7, 11) is 1.35. The minimum Gasteiger partial charge on any atom is -0.550 e. The molecule has 0 saturated heterocycles. The second-order valence-electron chi connectivity index (χ2n) is 4.52. The minimum atomic E-state index is -1.10. The summed E-state index contributed by atoms with van der Waals surface area (Å²) in [6.45, 7) is 1.79. The van der Waals surface area contributed by atoms with Gasteiger partial charge >= 0.3 is 5.97 Å². The lowest BCUT2D eigenvalue weighted by molar-refractivity contribution is -0.304. The molecule has 0 radical (unpaired) electrons. The topological polar surface area (TPSA) is 79.3 Å². The van der Waals surface area contributed by atoms with Crippen molar-refractivity contribution in [1.82, 2.24) is 4.98 Å². The molecule has 0 aliphatic heterocycles. The maximum absolute atomic E-state index is 11.5. The summed E-state index contributed by atoms with van der Waals surface area (Å²) in [5, 5.41) is 10.7. The monoisotopic (exact) mass is 336 g/mol. The second kappa shape index (κ2) is 7.42. The van der Waals surface area contributed by atoms with Crippen LogP contribution in [0, 0.1) is 6.92 Å². The van der Waals surface area contributed by atoms with Gasteiger partial charge in [-0.2, -0.15) is 0 Å². The van der Waals surface area contributed by atoms with Gasteiger partial charge in [0.2, 0.25) is 0 Å². The number of aromatic nitrogens is 1. The van der Waals surface area contributed by atoms with E-state index in [-0.39, 0.29) is 12.4 Å². The zero-order valence-electron chi connectivity index (χ0n) is 12.1. The van der Waals surface area contributed by atoms with Crippen molar-refractivity contribution in [3.63, 3.8) is 0 Å². The van der Waals surface area contributed by atoms with Crippen LogP contribution < -0.4 is 5.11 Å². The third kappa shape index (κ3) is 4.32. The van der Waals surface area contributed by atoms with Gasteiger partial charge in [-0.1, -0.05) is 23.9 Å². The van der Waals surface area contributed by atoms with E-state index in [2.05, 4.69) is 4.98 Å². The second-order valence-corrected chi connectivity index (χ2v) is 6.82. The van der Waals surface area contributed by atoms with Crippen molar-refractivity contribution in [2.24, 2.45) is 0 Å². The lowest BCUT2D eigenvalue weighted by Crippen LogP contribution is -2.24. The third-order valence-corrected chi connectivity index (χ3v) is 5.26. The highest BCUT2D eigenvalue weighted by Crippen LogP contribution is 2.30. The van der Waals surface area contributed by atoms with E-state index in [0.29, 0.717) is 16.2 Å². The number of ether oxygens (including phenoxy) is 1. The van der Waals surface area contributed by atoms with Crippen LogP contribution >= 0.6 is 23.1 Å². The molecule has 2 rings (SSSR count). The summed E-state index contributed by atoms with van der Waals surface area (Å²) in [5.41, 5.74) is 2.20. The molecule has 0 amide bonds. The van der Waals surface area contributed by atoms with Gasteiger partial charge in [0.25, 0.3) is 0 Å². The number of thiazole rings is 1. The highest BCUT2D eigenvalue weighted by molar-refractivity contribution is 8.00. The molecule has 0 N–H and O–H groups in total. The Labute approximate surface area is 136 Å². The van der Waals surface area contributed by atoms with Crippen molar-refractivity contribution >= 4 is 35.0 Å². The first-order chi connectivity index (χ1) is 10.5. The van der Waals surface area contributed by atoms with Gasteiger partial charge in [0.15, 0.2) is 4.34 Å². The largest absolute Gasteiger partial charge is 0.550 e. The molecule has 1 aromatic heterocycles. The number of hydrogen-bond donors (Lipinski definition) is 0. The number of methoxy groups -OCH3 is 1. The summed E-state index contributed by atoms with van der Waals surface area (Å²) < 4.78 is 5.50. The van der Waals surface area contributed by atoms with Crippen molar-refractivity contribution < 1.29 is 19.4 Å². The third-order valence-electron chi connectivity index (χ3n) is 2.89. The molecule has 7 heteroatoms. The number of nitrogens with zero attached hydrogens (tertiary/aromatic N) is 1. The van der Waals surface area contributed by atoms with E-state index in [4.69, 9.17) is 4.74 Å². The van der Waals surface area contributed by atoms with Gasteiger partial charge in [-0.25, -0.2) is 9.78 Å². The van der Waals surface area contributed by atoms with Gasteiger partial charge in [-0.05, 0) is 24.6 Å². The fraction of sp³-hybridized carbons (Fsp3) is 0.267. The number of aryl methyl sites for hydroxylation is 1. The Morgan fingerprint density at radius 3 is 2.86 bits per heavy atom. The van der Waals surface area contributed by atoms with E-state index < -0.39 is 5.97 Å². The van der Waals surface area contributed by atoms with E-state index >= 15 is 0 Å². The Morgan fingerprint density at radius 1 is 1.41 bits per heavy atom. The summed E-state index contributed by atoms with van der Waals surface area (Å²) in [6.07, 6.45) is -0.109. The van der Waals surface area contributed by atoms with Gasteiger partial charge in [0, 0.05) is 23.0 Å². The first-order valence-corrected chi connectivity index (χ1v) is 8.26. The number of carbonyl (C=O) groups is 2. The highest BCUT2D eigenvalue weighted by Gasteiger charge is 2.10. The molecule has 0 atom stereocenters. The van der Waals surface area contributed by atoms with Crippen molar-refractivity contribution in [2.75, 3.05) is 7.11 Å². The van der Waals surface area contributed by atoms with Crippen molar-refractivity contribution in [3.05, 3.63) is 46.0 Å². The number of carbonyl (C=O) groups excluding carboxylic acids is 2. The van der Waals surface area contributed by atoms with Gasteiger partial charge in [0.05, 0.1) is 18.4 Å². The molecule has 0 saturated carbocycles. The number of esters is 1. The van der Waals surface area contributed by atoms with Crippen molar-refractivity contribution in [2.45, 2.75) is 23.4 Å². The molecular formula is C15H14NO4S2-. The number of carboxylic acids is 1. The fourth-order valence-electron chi connectivity index (χ4n) is 1.81. The predicted molar refractivity (Wildman–Crippen MR) is 82.9 cm³/mol. The normalized spacial score (nSPS) is 10.5. The maximum atomic E-state index is 11.5. The van der Waals surface area contributed by atoms with E-state index in [1.807, 2.05) is 6.07 Å². The van der Waals surface area contributed by atoms with Crippen LogP contribution in [0.4, 0.5) is 0 Å². The standard InChI is InChI=1S/C15H15NO4S2/c1-9-12(7-13(17)18)22-15(16-9)21-8-10-4-3-5-11(6-10)14(19)20-2/h3-6H,7-8H2,1-2H3,(H,17,18)/p-1. The molecule has 1 heterocycles. The van der Waals surface area contributed by atoms with E-state index in [0.717, 1.165) is 15.6 Å². The SMILES string of the molecule is COC(=O)c1cccc(CSc2nc(C)c(CC(=O)[O-])s2)c1. The fourth-order valence-corrected chi connectivity index (χ4v) is 3.97. The first-order valence-electron chi connectivity index (χ1n) is 6.46. The van der Waals surface area contributed by atoms with Crippen molar-refractivity contribution in [1.29, 1.82) is 0 Å². The molecule has 0 bridgehead atoms. The summed E-state index contributed by atoms with van der Waals surface area (Å²) in [4.78, 5) is 27.2. The molecule has 22 heavy (non-hydrogen) atoms. The summed E-state index contributed by atoms with van der Waals surface area (Å²) in [6, 6.07) is 7.20. The lowest BCUT2D eigenvalue weighted by atomic mass is 10.1. The van der Waals surface area contributed by atoms with Crippen LogP contribution in [0.1, 0.15) is 26.5 Å². The van der Waals surface area contributed by atoms with Gasteiger partial charge < -0.3 is 14.6 Å². The Balaban J connectivity index is 2.04. The predicted octanol–water partition coefficient (Wildman–Crippen LogP) is 1.82. The molecule has 116 valence electrons. The van der Waals surface area contributed by atoms with Gasteiger partial charge in [0.1, 0.15) is 0 Å². The van der Waals surface area contributed by atoms with Crippen LogP contribution in [-0.4, -0.2) is 24.0 Å². The molecule has 0 aliphatic rings. The molecule has 1 aromatic carbocycles. The van der Waals surface area contributed by atoms with Crippen LogP contribution in [0.5, 0.6) is 0 Å². The van der Waals surface area contributed by atoms with Crippen LogP contribution in [0.2, 0.25) is 0 Å². The average Bonchev–Trinajstić information content (AvgIpc) is 2.84. The maximum Gasteiger partial charge on any atom is 0.337 e. The minimum absolute atomic E-state index is 0.109. The zero-order chi connectivity index (χ0) is 16.1. The number of hydrogen-bond acceptors (Lipinski definition) is 7. The Hall–Kier alpha value is -1.86. The molecule has 5 nitrogen and oxygen atoms in total. The van der Waals surface area contributed by atoms with Crippen molar-refractivity contribution in [3.8, 4) is 0 Å². The smallest absolute Gasteiger partial charge is 0.337 e. The molecule has 0 unspecified atom stereocenters. The summed E-state index contributed by atoms with van der Waals surface area (Å²) in [5.74, 6) is -0.829. The van der Waals surface area contributed by atoms with Crippen LogP contribution in [-0.2, 0) is 21.7 Å². The Kier molecular flexibility index (Phi) is 5.57. The number of carboxylic acid groups (broad SMARTS) is 1. The molecule has 0 fully saturated rings. The Morgan fingerprint density at radius 2 is 2.18 bits per heavy atom. The summed E-state index contributed by atoms with van der Waals surface area (Å²) >= 11 is 2.87. The number of thioether (sulfide) groups is 1. The molecule has 2 aromatic rings. The average molecular weight is 336 g/mol. The first kappa shape index (κ1) is 16.5. The number of aliphatic carboxylic acids is 1. The quantitative estimate of drug-likeness (QED) is 0.591. The van der Waals surface area contributed by atoms with Crippen LogP contribution in [0.3, 0.4) is 0 Å². The van der Waals surface area contributed by atoms with Gasteiger partial charge in [-0.15, -0.1) is 11.3 Å². The molecular weight excluding hydrogens is 322 g/mol. The van der Waals surface area contributed by atoms with E-state index in [1.54, 1.807) is 25.1 Å². The number of benzene rings is 1. The highest BCUT2D eigenvalue weighted by atomic mass is 32.2. The van der Waals surface area contributed by atoms with E-state index in [9.17, 15) is 14.7 Å². The Bertz CT molecular complexity index is 697. The van der Waals surface area contributed by atoms with E-state index in [1.165, 1.54) is 30.2 Å².